The van der Waals surface area contributed by atoms with Crippen LogP contribution in [0.4, 0.5) is 0 Å². The van der Waals surface area contributed by atoms with Crippen molar-refractivity contribution in [1.82, 2.24) is 0 Å². The molecule has 0 spiro atoms. The summed E-state index contributed by atoms with van der Waals surface area (Å²) in [5, 5.41) is 0. The van der Waals surface area contributed by atoms with Crippen LogP contribution in [0.3, 0.4) is 0 Å². The Morgan fingerprint density at radius 2 is 1.82 bits per heavy atom. The summed E-state index contributed by atoms with van der Waals surface area (Å²) in [6, 6.07) is 7.34. The lowest BCUT2D eigenvalue weighted by molar-refractivity contribution is 0.340. The molecule has 0 bridgehead atoms. The molecule has 4 nitrogen and oxygen atoms in total. The van der Waals surface area contributed by atoms with Crippen molar-refractivity contribution < 1.29 is 13.2 Å². The van der Waals surface area contributed by atoms with Crippen molar-refractivity contribution in [3.8, 4) is 5.75 Å². The highest BCUT2D eigenvalue weighted by Crippen LogP contribution is 2.11. The van der Waals surface area contributed by atoms with Crippen LogP contribution in [0.5, 0.6) is 5.75 Å². The highest BCUT2D eigenvalue weighted by atomic mass is 32.2. The summed E-state index contributed by atoms with van der Waals surface area (Å²) in [6.45, 7) is 2.54. The normalized spacial score (nSPS) is 11.4. The fourth-order valence-electron chi connectivity index (χ4n) is 1.42. The second-order valence-corrected chi connectivity index (χ2v) is 6.15. The van der Waals surface area contributed by atoms with Crippen LogP contribution in [0, 0.1) is 0 Å². The van der Waals surface area contributed by atoms with Crippen molar-refractivity contribution in [2.45, 2.75) is 19.9 Å². The van der Waals surface area contributed by atoms with Gasteiger partial charge in [-0.2, -0.15) is 0 Å². The molecule has 0 atom stereocenters. The first-order chi connectivity index (χ1) is 8.07. The van der Waals surface area contributed by atoms with E-state index in [1.54, 1.807) is 12.1 Å². The van der Waals surface area contributed by atoms with Gasteiger partial charge in [0.2, 0.25) is 0 Å². The van der Waals surface area contributed by atoms with Gasteiger partial charge in [-0.15, -0.1) is 0 Å². The van der Waals surface area contributed by atoms with Crippen LogP contribution in [0.25, 0.3) is 0 Å². The smallest absolute Gasteiger partial charge is 0.153 e. The third-order valence-corrected chi connectivity index (χ3v) is 4.16. The van der Waals surface area contributed by atoms with E-state index in [-0.39, 0.29) is 18.1 Å². The van der Waals surface area contributed by atoms with Crippen LogP contribution in [0.15, 0.2) is 24.3 Å². The first kappa shape index (κ1) is 14.0. The molecule has 0 aliphatic carbocycles. The van der Waals surface area contributed by atoms with Gasteiger partial charge in [0.25, 0.3) is 0 Å². The molecular formula is C12H19NO3S. The Kier molecular flexibility index (Phi) is 5.44. The SMILES string of the molecule is CCCS(=O)(=O)CCOc1ccc(CN)cc1. The van der Waals surface area contributed by atoms with Gasteiger partial charge in [-0.3, -0.25) is 0 Å². The largest absolute Gasteiger partial charge is 0.493 e. The molecule has 1 aromatic carbocycles. The van der Waals surface area contributed by atoms with Crippen LogP contribution < -0.4 is 10.5 Å². The minimum Gasteiger partial charge on any atom is -0.493 e. The molecule has 1 aromatic rings. The molecule has 0 unspecified atom stereocenters. The van der Waals surface area contributed by atoms with Crippen molar-refractivity contribution in [3.63, 3.8) is 0 Å². The van der Waals surface area contributed by atoms with Crippen LogP contribution in [0.1, 0.15) is 18.9 Å². The zero-order valence-electron chi connectivity index (χ0n) is 10.1. The van der Waals surface area contributed by atoms with Crippen molar-refractivity contribution >= 4 is 9.84 Å². The van der Waals surface area contributed by atoms with Gasteiger partial charge in [0.05, 0.1) is 11.5 Å². The number of benzene rings is 1. The third kappa shape index (κ3) is 5.19. The molecule has 96 valence electrons. The monoisotopic (exact) mass is 257 g/mol. The summed E-state index contributed by atoms with van der Waals surface area (Å²) >= 11 is 0. The maximum absolute atomic E-state index is 11.4. The van der Waals surface area contributed by atoms with E-state index in [4.69, 9.17) is 10.5 Å². The third-order valence-electron chi connectivity index (χ3n) is 2.34. The van der Waals surface area contributed by atoms with E-state index in [1.165, 1.54) is 0 Å². The van der Waals surface area contributed by atoms with Crippen LogP contribution >= 0.6 is 0 Å². The molecule has 0 aliphatic heterocycles. The van der Waals surface area contributed by atoms with E-state index >= 15 is 0 Å². The lowest BCUT2D eigenvalue weighted by Crippen LogP contribution is -2.16. The van der Waals surface area contributed by atoms with E-state index in [9.17, 15) is 8.42 Å². The van der Waals surface area contributed by atoms with Gasteiger partial charge in [-0.1, -0.05) is 19.1 Å². The number of ether oxygens (including phenoxy) is 1. The topological polar surface area (TPSA) is 69.4 Å². The van der Waals surface area contributed by atoms with Gasteiger partial charge in [0.1, 0.15) is 12.4 Å². The van der Waals surface area contributed by atoms with E-state index in [0.717, 1.165) is 5.56 Å². The molecule has 0 aromatic heterocycles. The highest BCUT2D eigenvalue weighted by molar-refractivity contribution is 7.91. The summed E-state index contributed by atoms with van der Waals surface area (Å²) < 4.78 is 28.2. The minimum absolute atomic E-state index is 0.0689. The summed E-state index contributed by atoms with van der Waals surface area (Å²) in [5.74, 6) is 0.969. The van der Waals surface area contributed by atoms with Gasteiger partial charge in [-0.05, 0) is 24.1 Å². The molecular weight excluding hydrogens is 238 g/mol. The van der Waals surface area contributed by atoms with Crippen molar-refractivity contribution in [3.05, 3.63) is 29.8 Å². The molecule has 0 radical (unpaired) electrons. The number of rotatable bonds is 7. The van der Waals surface area contributed by atoms with Crippen LogP contribution in [-0.4, -0.2) is 26.5 Å². The summed E-state index contributed by atoms with van der Waals surface area (Å²) in [4.78, 5) is 0. The van der Waals surface area contributed by atoms with Crippen LogP contribution in [0.2, 0.25) is 0 Å². The van der Waals surface area contributed by atoms with E-state index < -0.39 is 9.84 Å². The zero-order chi connectivity index (χ0) is 12.7. The van der Waals surface area contributed by atoms with E-state index in [1.807, 2.05) is 19.1 Å². The molecule has 1 rings (SSSR count). The van der Waals surface area contributed by atoms with Crippen molar-refractivity contribution in [2.75, 3.05) is 18.1 Å². The lowest BCUT2D eigenvalue weighted by Gasteiger charge is -2.07. The predicted molar refractivity (Wildman–Crippen MR) is 68.8 cm³/mol. The number of sulfone groups is 1. The second-order valence-electron chi connectivity index (χ2n) is 3.85. The van der Waals surface area contributed by atoms with Gasteiger partial charge >= 0.3 is 0 Å². The van der Waals surface area contributed by atoms with Crippen molar-refractivity contribution in [2.24, 2.45) is 5.73 Å². The molecule has 2 N–H and O–H groups in total. The molecule has 0 amide bonds. The average molecular weight is 257 g/mol. The quantitative estimate of drug-likeness (QED) is 0.800. The first-order valence-electron chi connectivity index (χ1n) is 5.69. The second kappa shape index (κ2) is 6.61. The number of nitrogens with two attached hydrogens (primary N) is 1. The van der Waals surface area contributed by atoms with Gasteiger partial charge in [-0.25, -0.2) is 8.42 Å². The Bertz CT molecular complexity index is 426. The minimum atomic E-state index is -2.96. The Labute approximate surface area is 103 Å². The van der Waals surface area contributed by atoms with Gasteiger partial charge < -0.3 is 10.5 Å². The Balaban J connectivity index is 2.40. The molecule has 0 aliphatic rings. The summed E-state index contributed by atoms with van der Waals surface area (Å²) in [7, 11) is -2.96. The van der Waals surface area contributed by atoms with E-state index in [2.05, 4.69) is 0 Å². The Hall–Kier alpha value is -1.07. The first-order valence-corrected chi connectivity index (χ1v) is 7.52. The summed E-state index contributed by atoms with van der Waals surface area (Å²) in [5.41, 5.74) is 6.49. The Morgan fingerprint density at radius 3 is 2.35 bits per heavy atom. The van der Waals surface area contributed by atoms with Crippen molar-refractivity contribution in [1.29, 1.82) is 0 Å². The van der Waals surface area contributed by atoms with Gasteiger partial charge in [0, 0.05) is 6.54 Å². The molecule has 0 saturated heterocycles. The lowest BCUT2D eigenvalue weighted by atomic mass is 10.2. The molecule has 0 fully saturated rings. The fourth-order valence-corrected chi connectivity index (χ4v) is 2.58. The Morgan fingerprint density at radius 1 is 1.18 bits per heavy atom. The van der Waals surface area contributed by atoms with Gasteiger partial charge in [0.15, 0.2) is 9.84 Å². The highest BCUT2D eigenvalue weighted by Gasteiger charge is 2.09. The van der Waals surface area contributed by atoms with E-state index in [0.29, 0.717) is 18.7 Å². The fraction of sp³-hybridized carbons (Fsp3) is 0.500. The maximum atomic E-state index is 11.4. The summed E-state index contributed by atoms with van der Waals surface area (Å²) in [6.07, 6.45) is 0.646. The standard InChI is InChI=1S/C12H19NO3S/c1-2-8-17(14,15)9-7-16-12-5-3-11(10-13)4-6-12/h3-6H,2,7-10,13H2,1H3. The number of hydrogen-bond acceptors (Lipinski definition) is 4. The molecule has 0 heterocycles. The molecule has 0 saturated carbocycles. The maximum Gasteiger partial charge on any atom is 0.153 e. The molecule has 5 heteroatoms. The van der Waals surface area contributed by atoms with Crippen LogP contribution in [-0.2, 0) is 16.4 Å². The number of hydrogen-bond donors (Lipinski definition) is 1. The predicted octanol–water partition coefficient (Wildman–Crippen LogP) is 1.35. The average Bonchev–Trinajstić information content (AvgIpc) is 2.29. The molecule has 17 heavy (non-hydrogen) atoms. The zero-order valence-corrected chi connectivity index (χ0v) is 10.9.